The fraction of sp³-hybridized carbons (Fsp3) is 0.333. The summed E-state index contributed by atoms with van der Waals surface area (Å²) in [6.45, 7) is 5.96. The van der Waals surface area contributed by atoms with Crippen LogP contribution in [0.4, 0.5) is 0 Å². The smallest absolute Gasteiger partial charge is 0.267 e. The number of nitrogens with one attached hydrogen (secondary N) is 1. The zero-order chi connectivity index (χ0) is 12.1. The van der Waals surface area contributed by atoms with Crippen molar-refractivity contribution in [1.82, 2.24) is 5.43 Å². The second kappa shape index (κ2) is 5.80. The first-order valence-electron chi connectivity index (χ1n) is 5.11. The van der Waals surface area contributed by atoms with Gasteiger partial charge >= 0.3 is 0 Å². The lowest BCUT2D eigenvalue weighted by atomic mass is 10.1. The van der Waals surface area contributed by atoms with E-state index in [2.05, 4.69) is 26.5 Å². The van der Waals surface area contributed by atoms with E-state index >= 15 is 0 Å². The van der Waals surface area contributed by atoms with Crippen molar-refractivity contribution in [3.8, 4) is 0 Å². The summed E-state index contributed by atoms with van der Waals surface area (Å²) in [5.41, 5.74) is 4.03. The van der Waals surface area contributed by atoms with Gasteiger partial charge in [0.2, 0.25) is 0 Å². The highest BCUT2D eigenvalue weighted by Gasteiger charge is 2.05. The van der Waals surface area contributed by atoms with Gasteiger partial charge in [0.05, 0.1) is 0 Å². The Morgan fingerprint density at radius 1 is 1.44 bits per heavy atom. The standard InChI is InChI=1S/C12H15BrN2O/c1-8(2)9(3)14-15-12(16)10-5-4-6-11(13)7-10/h4-8H,1-3H3,(H,15,16)/b14-9-. The molecule has 0 saturated carbocycles. The summed E-state index contributed by atoms with van der Waals surface area (Å²) in [4.78, 5) is 11.7. The van der Waals surface area contributed by atoms with E-state index in [1.165, 1.54) is 0 Å². The number of amides is 1. The summed E-state index contributed by atoms with van der Waals surface area (Å²) >= 11 is 3.32. The Morgan fingerprint density at radius 3 is 2.69 bits per heavy atom. The predicted octanol–water partition coefficient (Wildman–Crippen LogP) is 3.21. The van der Waals surface area contributed by atoms with E-state index in [1.807, 2.05) is 32.9 Å². The van der Waals surface area contributed by atoms with Gasteiger partial charge in [0.1, 0.15) is 0 Å². The highest BCUT2D eigenvalue weighted by Crippen LogP contribution is 2.11. The average Bonchev–Trinajstić information content (AvgIpc) is 2.25. The van der Waals surface area contributed by atoms with Crippen LogP contribution in [0.5, 0.6) is 0 Å². The van der Waals surface area contributed by atoms with Crippen LogP contribution in [0.15, 0.2) is 33.8 Å². The van der Waals surface area contributed by atoms with Gasteiger partial charge in [-0.05, 0) is 31.0 Å². The molecule has 0 bridgehead atoms. The number of halogens is 1. The van der Waals surface area contributed by atoms with Crippen molar-refractivity contribution < 1.29 is 4.79 Å². The van der Waals surface area contributed by atoms with E-state index in [9.17, 15) is 4.79 Å². The Morgan fingerprint density at radius 2 is 2.12 bits per heavy atom. The molecule has 0 spiro atoms. The third kappa shape index (κ3) is 3.77. The molecule has 86 valence electrons. The number of hydrogen-bond acceptors (Lipinski definition) is 2. The second-order valence-electron chi connectivity index (χ2n) is 3.86. The highest BCUT2D eigenvalue weighted by atomic mass is 79.9. The van der Waals surface area contributed by atoms with E-state index in [0.717, 1.165) is 10.2 Å². The van der Waals surface area contributed by atoms with Crippen LogP contribution >= 0.6 is 15.9 Å². The third-order valence-electron chi connectivity index (χ3n) is 2.26. The number of benzene rings is 1. The maximum Gasteiger partial charge on any atom is 0.271 e. The van der Waals surface area contributed by atoms with Gasteiger partial charge in [0.25, 0.3) is 5.91 Å². The minimum Gasteiger partial charge on any atom is -0.267 e. The second-order valence-corrected chi connectivity index (χ2v) is 4.77. The molecule has 1 N–H and O–H groups in total. The molecule has 1 amide bonds. The number of nitrogens with zero attached hydrogens (tertiary/aromatic N) is 1. The molecule has 0 radical (unpaired) electrons. The van der Waals surface area contributed by atoms with Crippen molar-refractivity contribution >= 4 is 27.5 Å². The van der Waals surface area contributed by atoms with Crippen molar-refractivity contribution in [3.63, 3.8) is 0 Å². The van der Waals surface area contributed by atoms with Gasteiger partial charge in [-0.2, -0.15) is 5.10 Å². The third-order valence-corrected chi connectivity index (χ3v) is 2.75. The predicted molar refractivity (Wildman–Crippen MR) is 69.6 cm³/mol. The number of hydrogen-bond donors (Lipinski definition) is 1. The molecule has 0 fully saturated rings. The van der Waals surface area contributed by atoms with Gasteiger partial charge in [0.15, 0.2) is 0 Å². The van der Waals surface area contributed by atoms with Gasteiger partial charge in [-0.15, -0.1) is 0 Å². The lowest BCUT2D eigenvalue weighted by Crippen LogP contribution is -2.20. The Hall–Kier alpha value is -1.16. The Kier molecular flexibility index (Phi) is 4.68. The van der Waals surface area contributed by atoms with E-state index in [4.69, 9.17) is 0 Å². The molecule has 1 rings (SSSR count). The van der Waals surface area contributed by atoms with Crippen molar-refractivity contribution in [2.24, 2.45) is 11.0 Å². The average molecular weight is 283 g/mol. The number of rotatable bonds is 3. The van der Waals surface area contributed by atoms with E-state index in [1.54, 1.807) is 12.1 Å². The molecule has 0 aliphatic rings. The molecule has 3 nitrogen and oxygen atoms in total. The van der Waals surface area contributed by atoms with Crippen molar-refractivity contribution in [3.05, 3.63) is 34.3 Å². The van der Waals surface area contributed by atoms with E-state index in [-0.39, 0.29) is 5.91 Å². The summed E-state index contributed by atoms with van der Waals surface area (Å²) in [7, 11) is 0. The lowest BCUT2D eigenvalue weighted by Gasteiger charge is -2.05. The summed E-state index contributed by atoms with van der Waals surface area (Å²) in [5.74, 6) is 0.143. The minimum absolute atomic E-state index is 0.193. The number of carbonyl (C=O) groups is 1. The quantitative estimate of drug-likeness (QED) is 0.671. The van der Waals surface area contributed by atoms with Crippen molar-refractivity contribution in [1.29, 1.82) is 0 Å². The number of carbonyl (C=O) groups excluding carboxylic acids is 1. The molecule has 1 aromatic carbocycles. The maximum atomic E-state index is 11.7. The van der Waals surface area contributed by atoms with Crippen LogP contribution in [0.3, 0.4) is 0 Å². The van der Waals surface area contributed by atoms with Crippen LogP contribution < -0.4 is 5.43 Å². The normalized spacial score (nSPS) is 11.7. The summed E-state index contributed by atoms with van der Waals surface area (Å²) in [6.07, 6.45) is 0. The fourth-order valence-electron chi connectivity index (χ4n) is 0.962. The number of hydrazone groups is 1. The topological polar surface area (TPSA) is 41.5 Å². The summed E-state index contributed by atoms with van der Waals surface area (Å²) < 4.78 is 0.879. The molecule has 16 heavy (non-hydrogen) atoms. The first-order valence-corrected chi connectivity index (χ1v) is 5.90. The van der Waals surface area contributed by atoms with Crippen LogP contribution in [0.2, 0.25) is 0 Å². The zero-order valence-electron chi connectivity index (χ0n) is 9.62. The van der Waals surface area contributed by atoms with Crippen LogP contribution in [-0.4, -0.2) is 11.6 Å². The largest absolute Gasteiger partial charge is 0.271 e. The van der Waals surface area contributed by atoms with Gasteiger partial charge in [0, 0.05) is 15.7 Å². The minimum atomic E-state index is -0.193. The van der Waals surface area contributed by atoms with Crippen LogP contribution in [0.25, 0.3) is 0 Å². The van der Waals surface area contributed by atoms with Crippen LogP contribution in [-0.2, 0) is 0 Å². The van der Waals surface area contributed by atoms with Crippen LogP contribution in [0.1, 0.15) is 31.1 Å². The summed E-state index contributed by atoms with van der Waals surface area (Å²) in [5, 5.41) is 4.03. The molecular weight excluding hydrogens is 268 g/mol. The fourth-order valence-corrected chi connectivity index (χ4v) is 1.36. The molecule has 4 heteroatoms. The highest BCUT2D eigenvalue weighted by molar-refractivity contribution is 9.10. The van der Waals surface area contributed by atoms with Crippen molar-refractivity contribution in [2.75, 3.05) is 0 Å². The molecule has 0 saturated heterocycles. The SMILES string of the molecule is C/C(=N/NC(=O)c1cccc(Br)c1)C(C)C. The molecule has 0 unspecified atom stereocenters. The first-order chi connectivity index (χ1) is 7.50. The lowest BCUT2D eigenvalue weighted by molar-refractivity contribution is 0.0954. The van der Waals surface area contributed by atoms with Crippen LogP contribution in [0, 0.1) is 5.92 Å². The van der Waals surface area contributed by atoms with E-state index in [0.29, 0.717) is 11.5 Å². The molecule has 0 aliphatic heterocycles. The van der Waals surface area contributed by atoms with Gasteiger partial charge in [-0.25, -0.2) is 5.43 Å². The molecule has 1 aromatic rings. The summed E-state index contributed by atoms with van der Waals surface area (Å²) in [6, 6.07) is 7.20. The van der Waals surface area contributed by atoms with Gasteiger partial charge in [-0.1, -0.05) is 35.8 Å². The molecular formula is C12H15BrN2O. The molecule has 0 aromatic heterocycles. The zero-order valence-corrected chi connectivity index (χ0v) is 11.2. The van der Waals surface area contributed by atoms with Gasteiger partial charge < -0.3 is 0 Å². The monoisotopic (exact) mass is 282 g/mol. The Balaban J connectivity index is 2.70. The molecule has 0 aliphatic carbocycles. The molecule has 0 heterocycles. The van der Waals surface area contributed by atoms with Gasteiger partial charge in [-0.3, -0.25) is 4.79 Å². The van der Waals surface area contributed by atoms with E-state index < -0.39 is 0 Å². The molecule has 0 atom stereocenters. The van der Waals surface area contributed by atoms with Crippen molar-refractivity contribution in [2.45, 2.75) is 20.8 Å². The Labute approximate surface area is 104 Å². The first kappa shape index (κ1) is 12.9. The Bertz CT molecular complexity index is 413. The maximum absolute atomic E-state index is 11.7.